The Labute approximate surface area is 209 Å². The molecule has 176 valence electrons. The maximum Gasteiger partial charge on any atom is 0.224 e. The predicted molar refractivity (Wildman–Crippen MR) is 139 cm³/mol. The first-order valence-electron chi connectivity index (χ1n) is 11.0. The van der Waals surface area contributed by atoms with Crippen molar-refractivity contribution >= 4 is 47.4 Å². The minimum Gasteiger partial charge on any atom is -0.379 e. The summed E-state index contributed by atoms with van der Waals surface area (Å²) in [5, 5.41) is 7.33. The third-order valence-corrected chi connectivity index (χ3v) is 5.61. The Morgan fingerprint density at radius 1 is 1.19 bits per heavy atom. The van der Waals surface area contributed by atoms with E-state index >= 15 is 0 Å². The maximum atomic E-state index is 12.2. The topological polar surface area (TPSA) is 69.2 Å². The van der Waals surface area contributed by atoms with Crippen molar-refractivity contribution in [3.8, 4) is 0 Å². The molecule has 1 unspecified atom stereocenters. The number of aliphatic imine (C=N–C) groups is 1. The summed E-state index contributed by atoms with van der Waals surface area (Å²) in [6.07, 6.45) is 0.448. The first-order valence-corrected chi connectivity index (χ1v) is 11.3. The van der Waals surface area contributed by atoms with E-state index in [9.17, 15) is 4.79 Å². The largest absolute Gasteiger partial charge is 0.379 e. The Bertz CT molecular complexity index is 682. The van der Waals surface area contributed by atoms with Crippen LogP contribution in [0.2, 0.25) is 5.02 Å². The number of nitrogens with one attached hydrogen (secondary N) is 2. The van der Waals surface area contributed by atoms with Gasteiger partial charge in [0.15, 0.2) is 5.96 Å². The van der Waals surface area contributed by atoms with Gasteiger partial charge in [0.2, 0.25) is 5.91 Å². The molecule has 9 heteroatoms. The second kappa shape index (κ2) is 15.7. The van der Waals surface area contributed by atoms with Crippen molar-refractivity contribution in [3.05, 3.63) is 34.9 Å². The Hall–Kier alpha value is -1.10. The standard InChI is InChI=1S/C22H36ClN5O2.HI/c1-4-24-22(25-12-11-21(29)27(5-2)6-3)26-17-20(28-13-15-30-16-14-28)18-9-7-8-10-19(18)23;/h7-10,20H,4-6,11-17H2,1-3H3,(H2,24,25,26);1H. The molecule has 2 rings (SSSR count). The minimum atomic E-state index is 0. The van der Waals surface area contributed by atoms with Crippen LogP contribution < -0.4 is 10.6 Å². The summed E-state index contributed by atoms with van der Waals surface area (Å²) in [5.74, 6) is 0.876. The van der Waals surface area contributed by atoms with Crippen molar-refractivity contribution in [3.63, 3.8) is 0 Å². The van der Waals surface area contributed by atoms with Gasteiger partial charge in [0.25, 0.3) is 0 Å². The number of hydrogen-bond donors (Lipinski definition) is 2. The quantitative estimate of drug-likeness (QED) is 0.259. The Kier molecular flexibility index (Phi) is 14.1. The van der Waals surface area contributed by atoms with Crippen molar-refractivity contribution in [2.45, 2.75) is 33.2 Å². The van der Waals surface area contributed by atoms with Crippen LogP contribution in [0.4, 0.5) is 0 Å². The molecule has 2 N–H and O–H groups in total. The second-order valence-corrected chi connectivity index (χ2v) is 7.56. The van der Waals surface area contributed by atoms with Crippen molar-refractivity contribution in [1.82, 2.24) is 20.4 Å². The van der Waals surface area contributed by atoms with Crippen LogP contribution in [-0.2, 0) is 9.53 Å². The molecule has 0 aliphatic carbocycles. The zero-order valence-corrected chi connectivity index (χ0v) is 22.0. The first-order chi connectivity index (χ1) is 14.6. The van der Waals surface area contributed by atoms with Gasteiger partial charge in [-0.25, -0.2) is 0 Å². The van der Waals surface area contributed by atoms with E-state index in [1.165, 1.54) is 0 Å². The number of halogens is 2. The summed E-state index contributed by atoms with van der Waals surface area (Å²) >= 11 is 6.51. The second-order valence-electron chi connectivity index (χ2n) is 7.15. The molecule has 1 aliphatic rings. The molecule has 1 saturated heterocycles. The number of benzene rings is 1. The van der Waals surface area contributed by atoms with Crippen LogP contribution >= 0.6 is 35.6 Å². The monoisotopic (exact) mass is 565 g/mol. The van der Waals surface area contributed by atoms with E-state index < -0.39 is 0 Å². The van der Waals surface area contributed by atoms with Crippen LogP contribution in [0.3, 0.4) is 0 Å². The van der Waals surface area contributed by atoms with Gasteiger partial charge in [-0.3, -0.25) is 14.7 Å². The van der Waals surface area contributed by atoms with Crippen LogP contribution in [0.5, 0.6) is 0 Å². The number of guanidine groups is 1. The number of hydrogen-bond acceptors (Lipinski definition) is 4. The molecule has 1 aromatic rings. The SMILES string of the molecule is CCNC(=NCC(c1ccccc1Cl)N1CCOCC1)NCCC(=O)N(CC)CC.I. The number of rotatable bonds is 10. The van der Waals surface area contributed by atoms with Crippen molar-refractivity contribution in [1.29, 1.82) is 0 Å². The lowest BCUT2D eigenvalue weighted by Gasteiger charge is -2.34. The third kappa shape index (κ3) is 9.11. The fourth-order valence-electron chi connectivity index (χ4n) is 3.59. The molecule has 1 atom stereocenters. The van der Waals surface area contributed by atoms with Gasteiger partial charge in [0.1, 0.15) is 0 Å². The Morgan fingerprint density at radius 3 is 2.48 bits per heavy atom. The summed E-state index contributed by atoms with van der Waals surface area (Å²) in [6, 6.07) is 8.04. The van der Waals surface area contributed by atoms with Gasteiger partial charge in [0, 0.05) is 50.7 Å². The molecule has 0 spiro atoms. The van der Waals surface area contributed by atoms with Gasteiger partial charge in [-0.05, 0) is 32.4 Å². The molecule has 1 heterocycles. The van der Waals surface area contributed by atoms with Gasteiger partial charge in [0.05, 0.1) is 25.8 Å². The molecular formula is C22H37ClIN5O2. The normalized spacial score (nSPS) is 15.7. The average molecular weight is 566 g/mol. The van der Waals surface area contributed by atoms with E-state index in [4.69, 9.17) is 21.3 Å². The molecule has 0 bridgehead atoms. The minimum absolute atomic E-state index is 0. The summed E-state index contributed by atoms with van der Waals surface area (Å²) in [6.45, 7) is 12.5. The Balaban J connectivity index is 0.00000480. The van der Waals surface area contributed by atoms with Crippen LogP contribution in [0.25, 0.3) is 0 Å². The highest BCUT2D eigenvalue weighted by Gasteiger charge is 2.24. The van der Waals surface area contributed by atoms with Gasteiger partial charge >= 0.3 is 0 Å². The first kappa shape index (κ1) is 27.9. The smallest absolute Gasteiger partial charge is 0.224 e. The molecule has 1 aromatic carbocycles. The number of morpholine rings is 1. The fourth-order valence-corrected chi connectivity index (χ4v) is 3.85. The number of nitrogens with zero attached hydrogens (tertiary/aromatic N) is 3. The highest BCUT2D eigenvalue weighted by atomic mass is 127. The molecule has 1 fully saturated rings. The maximum absolute atomic E-state index is 12.2. The summed E-state index contributed by atoms with van der Waals surface area (Å²) in [7, 11) is 0. The molecule has 0 saturated carbocycles. The summed E-state index contributed by atoms with van der Waals surface area (Å²) < 4.78 is 5.52. The van der Waals surface area contributed by atoms with Crippen LogP contribution in [0.1, 0.15) is 38.8 Å². The lowest BCUT2D eigenvalue weighted by Crippen LogP contribution is -2.42. The third-order valence-electron chi connectivity index (χ3n) is 5.26. The lowest BCUT2D eigenvalue weighted by atomic mass is 10.0. The van der Waals surface area contributed by atoms with E-state index in [0.717, 1.165) is 62.5 Å². The highest BCUT2D eigenvalue weighted by molar-refractivity contribution is 14.0. The molecule has 31 heavy (non-hydrogen) atoms. The van der Waals surface area contributed by atoms with E-state index in [0.29, 0.717) is 19.5 Å². The van der Waals surface area contributed by atoms with Gasteiger partial charge < -0.3 is 20.3 Å². The Morgan fingerprint density at radius 2 is 1.87 bits per heavy atom. The highest BCUT2D eigenvalue weighted by Crippen LogP contribution is 2.28. The van der Waals surface area contributed by atoms with E-state index in [2.05, 4.69) is 21.6 Å². The van der Waals surface area contributed by atoms with E-state index in [-0.39, 0.29) is 35.9 Å². The zero-order valence-electron chi connectivity index (χ0n) is 18.9. The molecule has 1 amide bonds. The van der Waals surface area contributed by atoms with E-state index in [1.54, 1.807) is 0 Å². The van der Waals surface area contributed by atoms with Gasteiger partial charge in [-0.2, -0.15) is 0 Å². The number of amides is 1. The average Bonchev–Trinajstić information content (AvgIpc) is 2.76. The number of carbonyl (C=O) groups excluding carboxylic acids is 1. The molecule has 0 aromatic heterocycles. The zero-order chi connectivity index (χ0) is 21.8. The summed E-state index contributed by atoms with van der Waals surface area (Å²) in [4.78, 5) is 21.3. The number of carbonyl (C=O) groups is 1. The molecular weight excluding hydrogens is 529 g/mol. The molecule has 7 nitrogen and oxygen atoms in total. The fraction of sp³-hybridized carbons (Fsp3) is 0.636. The van der Waals surface area contributed by atoms with Gasteiger partial charge in [-0.15, -0.1) is 24.0 Å². The van der Waals surface area contributed by atoms with E-state index in [1.807, 2.05) is 43.9 Å². The van der Waals surface area contributed by atoms with Crippen LogP contribution in [0, 0.1) is 0 Å². The van der Waals surface area contributed by atoms with Crippen LogP contribution in [0.15, 0.2) is 29.3 Å². The van der Waals surface area contributed by atoms with Gasteiger partial charge in [-0.1, -0.05) is 29.8 Å². The lowest BCUT2D eigenvalue weighted by molar-refractivity contribution is -0.130. The molecule has 1 aliphatic heterocycles. The van der Waals surface area contributed by atoms with Crippen molar-refractivity contribution in [2.24, 2.45) is 4.99 Å². The van der Waals surface area contributed by atoms with Crippen molar-refractivity contribution < 1.29 is 9.53 Å². The number of ether oxygens (including phenoxy) is 1. The van der Waals surface area contributed by atoms with Crippen molar-refractivity contribution in [2.75, 3.05) is 59.0 Å². The summed E-state index contributed by atoms with van der Waals surface area (Å²) in [5.41, 5.74) is 1.08. The molecule has 0 radical (unpaired) electrons. The van der Waals surface area contributed by atoms with Crippen LogP contribution in [-0.4, -0.2) is 80.7 Å². The predicted octanol–water partition coefficient (Wildman–Crippen LogP) is 3.14.